The summed E-state index contributed by atoms with van der Waals surface area (Å²) in [5.41, 5.74) is 0. The number of carbonyl (C=O) groups excluding carboxylic acids is 1. The summed E-state index contributed by atoms with van der Waals surface area (Å²) in [4.78, 5) is 11.4. The maximum Gasteiger partial charge on any atom is 0.172 e. The Morgan fingerprint density at radius 2 is 2.00 bits per heavy atom. The van der Waals surface area contributed by atoms with Crippen LogP contribution in [0.1, 0.15) is 20.3 Å². The van der Waals surface area contributed by atoms with E-state index in [-0.39, 0.29) is 24.1 Å². The minimum absolute atomic E-state index is 0.0189. The molecule has 0 radical (unpaired) electrons. The molecule has 0 aliphatic carbocycles. The van der Waals surface area contributed by atoms with Gasteiger partial charge in [-0.15, -0.1) is 0 Å². The summed E-state index contributed by atoms with van der Waals surface area (Å²) in [6.07, 6.45) is 0.811. The summed E-state index contributed by atoms with van der Waals surface area (Å²) in [6.45, 7) is 3.89. The monoisotopic (exact) mass is 210 g/mol. The van der Waals surface area contributed by atoms with Crippen LogP contribution in [0.3, 0.4) is 0 Å². The highest BCUT2D eigenvalue weighted by molar-refractivity contribution is 5.82. The zero-order valence-corrected chi connectivity index (χ0v) is 9.00. The molecule has 15 heavy (non-hydrogen) atoms. The van der Waals surface area contributed by atoms with Gasteiger partial charge in [-0.05, 0) is 30.7 Å². The van der Waals surface area contributed by atoms with Gasteiger partial charge < -0.3 is 4.74 Å². The molecule has 0 N–H and O–H groups in total. The molecule has 0 aliphatic heterocycles. The zero-order valence-electron chi connectivity index (χ0n) is 9.00. The smallest absolute Gasteiger partial charge is 0.172 e. The number of ether oxygens (including phenoxy) is 1. The highest BCUT2D eigenvalue weighted by Gasteiger charge is 2.10. The summed E-state index contributed by atoms with van der Waals surface area (Å²) >= 11 is 0. The fourth-order valence-electron chi connectivity index (χ4n) is 1.06. The zero-order chi connectivity index (χ0) is 11.3. The first-order valence-corrected chi connectivity index (χ1v) is 5.04. The van der Waals surface area contributed by atoms with Crippen LogP contribution in [0.2, 0.25) is 0 Å². The highest BCUT2D eigenvalue weighted by atomic mass is 19.1. The van der Waals surface area contributed by atoms with E-state index in [9.17, 15) is 9.18 Å². The third-order valence-electron chi connectivity index (χ3n) is 2.36. The minimum atomic E-state index is -0.310. The molecule has 0 saturated heterocycles. The SMILES string of the molecule is CCC(C)C(=O)COc1ccc(F)cc1. The molecule has 1 rings (SSSR count). The number of carbonyl (C=O) groups is 1. The summed E-state index contributed by atoms with van der Waals surface area (Å²) in [5, 5.41) is 0. The lowest BCUT2D eigenvalue weighted by Crippen LogP contribution is -2.18. The summed E-state index contributed by atoms with van der Waals surface area (Å²) in [7, 11) is 0. The second-order valence-corrected chi connectivity index (χ2v) is 3.52. The molecule has 0 aromatic heterocycles. The van der Waals surface area contributed by atoms with E-state index >= 15 is 0 Å². The van der Waals surface area contributed by atoms with Gasteiger partial charge in [0.25, 0.3) is 0 Å². The standard InChI is InChI=1S/C12H15FO2/c1-3-9(2)12(14)8-15-11-6-4-10(13)5-7-11/h4-7,9H,3,8H2,1-2H3. The molecule has 0 amide bonds. The van der Waals surface area contributed by atoms with E-state index < -0.39 is 0 Å². The van der Waals surface area contributed by atoms with Crippen LogP contribution >= 0.6 is 0 Å². The van der Waals surface area contributed by atoms with Crippen molar-refractivity contribution >= 4 is 5.78 Å². The molecule has 1 aromatic carbocycles. The largest absolute Gasteiger partial charge is 0.486 e. The van der Waals surface area contributed by atoms with Crippen molar-refractivity contribution in [2.75, 3.05) is 6.61 Å². The third kappa shape index (κ3) is 3.70. The van der Waals surface area contributed by atoms with E-state index in [1.54, 1.807) is 0 Å². The van der Waals surface area contributed by atoms with Gasteiger partial charge >= 0.3 is 0 Å². The first kappa shape index (κ1) is 11.7. The van der Waals surface area contributed by atoms with Gasteiger partial charge in [0, 0.05) is 5.92 Å². The number of ketones is 1. The van der Waals surface area contributed by atoms with E-state index in [1.165, 1.54) is 24.3 Å². The minimum Gasteiger partial charge on any atom is -0.486 e. The maximum atomic E-state index is 12.5. The molecule has 1 aromatic rings. The van der Waals surface area contributed by atoms with Crippen LogP contribution in [0.15, 0.2) is 24.3 Å². The van der Waals surface area contributed by atoms with E-state index in [0.717, 1.165) is 6.42 Å². The third-order valence-corrected chi connectivity index (χ3v) is 2.36. The van der Waals surface area contributed by atoms with Crippen LogP contribution < -0.4 is 4.74 Å². The fraction of sp³-hybridized carbons (Fsp3) is 0.417. The molecule has 0 fully saturated rings. The molecule has 0 saturated carbocycles. The predicted molar refractivity (Wildman–Crippen MR) is 56.4 cm³/mol. The van der Waals surface area contributed by atoms with Crippen molar-refractivity contribution in [3.05, 3.63) is 30.1 Å². The van der Waals surface area contributed by atoms with Gasteiger partial charge in [0.05, 0.1) is 0 Å². The van der Waals surface area contributed by atoms with Crippen molar-refractivity contribution in [2.45, 2.75) is 20.3 Å². The maximum absolute atomic E-state index is 12.5. The second-order valence-electron chi connectivity index (χ2n) is 3.52. The number of benzene rings is 1. The molecule has 1 unspecified atom stereocenters. The molecular formula is C12H15FO2. The first-order chi connectivity index (χ1) is 7.13. The predicted octanol–water partition coefficient (Wildman–Crippen LogP) is 2.82. The first-order valence-electron chi connectivity index (χ1n) is 5.04. The molecular weight excluding hydrogens is 195 g/mol. The van der Waals surface area contributed by atoms with E-state index in [2.05, 4.69) is 0 Å². The Balaban J connectivity index is 2.43. The Bertz CT molecular complexity index is 319. The lowest BCUT2D eigenvalue weighted by Gasteiger charge is -2.08. The van der Waals surface area contributed by atoms with E-state index in [1.807, 2.05) is 13.8 Å². The number of halogens is 1. The fourth-order valence-corrected chi connectivity index (χ4v) is 1.06. The molecule has 0 spiro atoms. The van der Waals surface area contributed by atoms with Gasteiger partial charge in [0.1, 0.15) is 18.2 Å². The molecule has 0 aliphatic rings. The van der Waals surface area contributed by atoms with Crippen LogP contribution in [0.25, 0.3) is 0 Å². The molecule has 3 heteroatoms. The van der Waals surface area contributed by atoms with Crippen molar-refractivity contribution in [1.29, 1.82) is 0 Å². The Morgan fingerprint density at radius 1 is 1.40 bits per heavy atom. The molecule has 82 valence electrons. The lowest BCUT2D eigenvalue weighted by molar-refractivity contribution is -0.124. The number of hydrogen-bond donors (Lipinski definition) is 0. The van der Waals surface area contributed by atoms with Crippen molar-refractivity contribution < 1.29 is 13.9 Å². The Morgan fingerprint density at radius 3 is 2.53 bits per heavy atom. The summed E-state index contributed by atoms with van der Waals surface area (Å²) in [6, 6.07) is 5.64. The molecule has 0 heterocycles. The second kappa shape index (κ2) is 5.49. The topological polar surface area (TPSA) is 26.3 Å². The van der Waals surface area contributed by atoms with Crippen LogP contribution in [0, 0.1) is 11.7 Å². The van der Waals surface area contributed by atoms with Crippen molar-refractivity contribution in [1.82, 2.24) is 0 Å². The molecule has 2 nitrogen and oxygen atoms in total. The Kier molecular flexibility index (Phi) is 4.28. The van der Waals surface area contributed by atoms with Gasteiger partial charge in [0.15, 0.2) is 5.78 Å². The summed E-state index contributed by atoms with van der Waals surface area (Å²) in [5.74, 6) is 0.302. The Labute approximate surface area is 89.1 Å². The van der Waals surface area contributed by atoms with Crippen molar-refractivity contribution in [3.63, 3.8) is 0 Å². The number of Topliss-reactive ketones (excluding diaryl/α,β-unsaturated/α-hetero) is 1. The van der Waals surface area contributed by atoms with E-state index in [4.69, 9.17) is 4.74 Å². The van der Waals surface area contributed by atoms with Crippen LogP contribution in [-0.2, 0) is 4.79 Å². The summed E-state index contributed by atoms with van der Waals surface area (Å²) < 4.78 is 17.8. The number of hydrogen-bond acceptors (Lipinski definition) is 2. The highest BCUT2D eigenvalue weighted by Crippen LogP contribution is 2.12. The molecule has 1 atom stereocenters. The van der Waals surface area contributed by atoms with Crippen molar-refractivity contribution in [2.24, 2.45) is 5.92 Å². The quantitative estimate of drug-likeness (QED) is 0.747. The average molecular weight is 210 g/mol. The lowest BCUT2D eigenvalue weighted by atomic mass is 10.1. The number of rotatable bonds is 5. The van der Waals surface area contributed by atoms with Gasteiger partial charge in [-0.1, -0.05) is 13.8 Å². The molecule has 0 bridgehead atoms. The Hall–Kier alpha value is -1.38. The van der Waals surface area contributed by atoms with E-state index in [0.29, 0.717) is 5.75 Å². The normalized spacial score (nSPS) is 12.2. The van der Waals surface area contributed by atoms with Gasteiger partial charge in [0.2, 0.25) is 0 Å². The van der Waals surface area contributed by atoms with Crippen LogP contribution in [0.5, 0.6) is 5.75 Å². The van der Waals surface area contributed by atoms with Gasteiger partial charge in [-0.3, -0.25) is 4.79 Å². The van der Waals surface area contributed by atoms with Gasteiger partial charge in [-0.25, -0.2) is 4.39 Å². The van der Waals surface area contributed by atoms with Crippen LogP contribution in [-0.4, -0.2) is 12.4 Å². The van der Waals surface area contributed by atoms with Crippen LogP contribution in [0.4, 0.5) is 4.39 Å². The van der Waals surface area contributed by atoms with Crippen molar-refractivity contribution in [3.8, 4) is 5.75 Å². The van der Waals surface area contributed by atoms with Gasteiger partial charge in [-0.2, -0.15) is 0 Å². The average Bonchev–Trinajstić information content (AvgIpc) is 2.26.